The van der Waals surface area contributed by atoms with Gasteiger partial charge in [-0.3, -0.25) is 4.79 Å². The van der Waals surface area contributed by atoms with E-state index >= 15 is 0 Å². The number of hydrogen-bond donors (Lipinski definition) is 2. The second-order valence-electron chi connectivity index (χ2n) is 4.34. The molecule has 106 valence electrons. The summed E-state index contributed by atoms with van der Waals surface area (Å²) in [6.45, 7) is 3.88. The zero-order valence-corrected chi connectivity index (χ0v) is 12.9. The number of amides is 1. The Balaban J connectivity index is 2.08. The molecule has 0 saturated carbocycles. The predicted molar refractivity (Wildman–Crippen MR) is 84.6 cm³/mol. The lowest BCUT2D eigenvalue weighted by Crippen LogP contribution is -2.34. The first-order valence-corrected chi connectivity index (χ1v) is 7.59. The number of benzene rings is 1. The average Bonchev–Trinajstić information content (AvgIpc) is 2.93. The van der Waals surface area contributed by atoms with Crippen LogP contribution in [0.1, 0.15) is 18.9 Å². The standard InChI is InChI=1S/C14H16ClN3OS/c1-3-11(13(19)18-14-16-7-8-20-14)17-12-6-4-5-10(15)9(12)2/h4-8,11,17H,3H2,1-2H3,(H,16,18,19)/t11-/m1/s1. The van der Waals surface area contributed by atoms with Gasteiger partial charge in [0.1, 0.15) is 6.04 Å². The Labute approximate surface area is 127 Å². The minimum atomic E-state index is -0.323. The fraction of sp³-hybridized carbons (Fsp3) is 0.286. The lowest BCUT2D eigenvalue weighted by Gasteiger charge is -2.19. The Kier molecular flexibility index (Phi) is 4.98. The number of halogens is 1. The normalized spacial score (nSPS) is 11.9. The monoisotopic (exact) mass is 309 g/mol. The zero-order valence-electron chi connectivity index (χ0n) is 11.3. The van der Waals surface area contributed by atoms with E-state index in [4.69, 9.17) is 11.6 Å². The second kappa shape index (κ2) is 6.72. The highest BCUT2D eigenvalue weighted by molar-refractivity contribution is 7.13. The molecule has 1 atom stereocenters. The van der Waals surface area contributed by atoms with Gasteiger partial charge in [-0.15, -0.1) is 11.3 Å². The van der Waals surface area contributed by atoms with Crippen LogP contribution in [-0.4, -0.2) is 16.9 Å². The predicted octanol–water partition coefficient (Wildman–Crippen LogP) is 3.93. The smallest absolute Gasteiger partial charge is 0.248 e. The maximum Gasteiger partial charge on any atom is 0.248 e. The molecule has 0 aliphatic heterocycles. The molecule has 1 aromatic carbocycles. The van der Waals surface area contributed by atoms with Crippen molar-refractivity contribution in [2.75, 3.05) is 10.6 Å². The molecule has 1 amide bonds. The molecule has 0 spiro atoms. The van der Waals surface area contributed by atoms with Crippen molar-refractivity contribution >= 4 is 39.7 Å². The van der Waals surface area contributed by atoms with Gasteiger partial charge in [-0.05, 0) is 31.0 Å². The molecule has 2 N–H and O–H groups in total. The van der Waals surface area contributed by atoms with Gasteiger partial charge in [0.25, 0.3) is 0 Å². The van der Waals surface area contributed by atoms with Crippen LogP contribution < -0.4 is 10.6 Å². The largest absolute Gasteiger partial charge is 0.373 e. The maximum atomic E-state index is 12.2. The molecule has 1 heterocycles. The number of aromatic nitrogens is 1. The van der Waals surface area contributed by atoms with Gasteiger partial charge in [0.2, 0.25) is 5.91 Å². The van der Waals surface area contributed by atoms with Crippen LogP contribution in [0.5, 0.6) is 0 Å². The number of nitrogens with zero attached hydrogens (tertiary/aromatic N) is 1. The third-order valence-electron chi connectivity index (χ3n) is 2.98. The minimum Gasteiger partial charge on any atom is -0.373 e. The van der Waals surface area contributed by atoms with Gasteiger partial charge in [-0.2, -0.15) is 0 Å². The summed E-state index contributed by atoms with van der Waals surface area (Å²) in [4.78, 5) is 16.3. The molecule has 0 bridgehead atoms. The lowest BCUT2D eigenvalue weighted by molar-refractivity contribution is -0.116. The van der Waals surface area contributed by atoms with Crippen LogP contribution in [0, 0.1) is 6.92 Å². The van der Waals surface area contributed by atoms with Crippen LogP contribution in [0.4, 0.5) is 10.8 Å². The average molecular weight is 310 g/mol. The number of carbonyl (C=O) groups excluding carboxylic acids is 1. The van der Waals surface area contributed by atoms with E-state index in [1.165, 1.54) is 11.3 Å². The first-order chi connectivity index (χ1) is 9.61. The molecular weight excluding hydrogens is 294 g/mol. The maximum absolute atomic E-state index is 12.2. The van der Waals surface area contributed by atoms with E-state index in [9.17, 15) is 4.79 Å². The summed E-state index contributed by atoms with van der Waals surface area (Å²) in [5.74, 6) is -0.0955. The molecule has 4 nitrogen and oxygen atoms in total. The van der Waals surface area contributed by atoms with Crippen molar-refractivity contribution < 1.29 is 4.79 Å². The fourth-order valence-corrected chi connectivity index (χ4v) is 2.49. The molecular formula is C14H16ClN3OS. The summed E-state index contributed by atoms with van der Waals surface area (Å²) in [6, 6.07) is 5.29. The third-order valence-corrected chi connectivity index (χ3v) is 4.08. The molecule has 0 fully saturated rings. The summed E-state index contributed by atoms with van der Waals surface area (Å²) in [5.41, 5.74) is 1.81. The van der Waals surface area contributed by atoms with E-state index in [0.717, 1.165) is 11.3 Å². The van der Waals surface area contributed by atoms with Gasteiger partial charge in [0, 0.05) is 22.3 Å². The topological polar surface area (TPSA) is 54.0 Å². The van der Waals surface area contributed by atoms with Gasteiger partial charge in [0.15, 0.2) is 5.13 Å². The number of carbonyl (C=O) groups is 1. The Hall–Kier alpha value is -1.59. The van der Waals surface area contributed by atoms with Crippen LogP contribution in [0.3, 0.4) is 0 Å². The molecule has 0 saturated heterocycles. The highest BCUT2D eigenvalue weighted by atomic mass is 35.5. The van der Waals surface area contributed by atoms with Gasteiger partial charge in [-0.1, -0.05) is 24.6 Å². The quantitative estimate of drug-likeness (QED) is 0.879. The minimum absolute atomic E-state index is 0.0955. The van der Waals surface area contributed by atoms with Gasteiger partial charge < -0.3 is 10.6 Å². The van der Waals surface area contributed by atoms with E-state index in [0.29, 0.717) is 16.6 Å². The summed E-state index contributed by atoms with van der Waals surface area (Å²) in [5, 5.41) is 9.15. The molecule has 2 aromatic rings. The number of hydrogen-bond acceptors (Lipinski definition) is 4. The van der Waals surface area contributed by atoms with Gasteiger partial charge in [-0.25, -0.2) is 4.98 Å². The Morgan fingerprint density at radius 1 is 1.50 bits per heavy atom. The van der Waals surface area contributed by atoms with Crippen molar-refractivity contribution in [3.8, 4) is 0 Å². The Morgan fingerprint density at radius 2 is 2.30 bits per heavy atom. The van der Waals surface area contributed by atoms with E-state index in [1.807, 2.05) is 37.4 Å². The SMILES string of the molecule is CC[C@@H](Nc1cccc(Cl)c1C)C(=O)Nc1nccs1. The molecule has 1 aromatic heterocycles. The van der Waals surface area contributed by atoms with Gasteiger partial charge in [0.05, 0.1) is 0 Å². The molecule has 0 radical (unpaired) electrons. The van der Waals surface area contributed by atoms with E-state index in [1.54, 1.807) is 6.20 Å². The Bertz CT molecular complexity index is 586. The molecule has 20 heavy (non-hydrogen) atoms. The second-order valence-corrected chi connectivity index (χ2v) is 5.65. The highest BCUT2D eigenvalue weighted by Gasteiger charge is 2.18. The third kappa shape index (κ3) is 3.49. The van der Waals surface area contributed by atoms with E-state index in [2.05, 4.69) is 15.6 Å². The molecule has 0 aliphatic carbocycles. The summed E-state index contributed by atoms with van der Waals surface area (Å²) < 4.78 is 0. The van der Waals surface area contributed by atoms with Crippen molar-refractivity contribution in [3.63, 3.8) is 0 Å². The van der Waals surface area contributed by atoms with E-state index < -0.39 is 0 Å². The van der Waals surface area contributed by atoms with Gasteiger partial charge >= 0.3 is 0 Å². The van der Waals surface area contributed by atoms with Crippen LogP contribution in [-0.2, 0) is 4.79 Å². The van der Waals surface area contributed by atoms with Crippen LogP contribution >= 0.6 is 22.9 Å². The lowest BCUT2D eigenvalue weighted by atomic mass is 10.1. The number of rotatable bonds is 5. The number of nitrogens with one attached hydrogen (secondary N) is 2. The first kappa shape index (κ1) is 14.8. The number of anilines is 2. The summed E-state index contributed by atoms with van der Waals surface area (Å²) in [7, 11) is 0. The molecule has 0 unspecified atom stereocenters. The summed E-state index contributed by atoms with van der Waals surface area (Å²) in [6.07, 6.45) is 2.33. The molecule has 0 aliphatic rings. The van der Waals surface area contributed by atoms with Crippen LogP contribution in [0.15, 0.2) is 29.8 Å². The van der Waals surface area contributed by atoms with Crippen molar-refractivity contribution in [1.29, 1.82) is 0 Å². The van der Waals surface area contributed by atoms with Crippen molar-refractivity contribution in [2.24, 2.45) is 0 Å². The fourth-order valence-electron chi connectivity index (χ4n) is 1.78. The first-order valence-electron chi connectivity index (χ1n) is 6.33. The highest BCUT2D eigenvalue weighted by Crippen LogP contribution is 2.24. The van der Waals surface area contributed by atoms with E-state index in [-0.39, 0.29) is 11.9 Å². The van der Waals surface area contributed by atoms with Crippen molar-refractivity contribution in [3.05, 3.63) is 40.4 Å². The van der Waals surface area contributed by atoms with Crippen molar-refractivity contribution in [2.45, 2.75) is 26.3 Å². The number of thiazole rings is 1. The molecule has 2 rings (SSSR count). The summed E-state index contributed by atoms with van der Waals surface area (Å²) >= 11 is 7.49. The van der Waals surface area contributed by atoms with Crippen LogP contribution in [0.25, 0.3) is 0 Å². The van der Waals surface area contributed by atoms with Crippen molar-refractivity contribution in [1.82, 2.24) is 4.98 Å². The zero-order chi connectivity index (χ0) is 14.5. The molecule has 6 heteroatoms. The van der Waals surface area contributed by atoms with Crippen LogP contribution in [0.2, 0.25) is 5.02 Å². The Morgan fingerprint density at radius 3 is 2.95 bits per heavy atom.